The van der Waals surface area contributed by atoms with Crippen molar-refractivity contribution in [1.29, 1.82) is 5.26 Å². The maximum absolute atomic E-state index is 14.1. The average molecular weight is 481 g/mol. The van der Waals surface area contributed by atoms with E-state index in [4.69, 9.17) is 6.57 Å². The number of carbonyl (C=O) groups excluding carboxylic acids is 2. The minimum absolute atomic E-state index is 0.262. The Morgan fingerprint density at radius 3 is 2.16 bits per heavy atom. The summed E-state index contributed by atoms with van der Waals surface area (Å²) in [5.74, 6) is -0.807. The monoisotopic (exact) mass is 480 g/mol. The number of aromatic nitrogens is 1. The molecular formula is C31H20N4O2. The lowest BCUT2D eigenvalue weighted by atomic mass is 10.0. The lowest BCUT2D eigenvalue weighted by Gasteiger charge is -2.20. The van der Waals surface area contributed by atoms with E-state index in [2.05, 4.69) is 10.9 Å². The zero-order valence-electron chi connectivity index (χ0n) is 20.5. The molecule has 0 radical (unpaired) electrons. The maximum Gasteiger partial charge on any atom is 0.268 e. The second-order valence-electron chi connectivity index (χ2n) is 9.33. The maximum atomic E-state index is 14.1. The summed E-state index contributed by atoms with van der Waals surface area (Å²) < 4.78 is 1.80. The third-order valence-electron chi connectivity index (χ3n) is 7.02. The fourth-order valence-electron chi connectivity index (χ4n) is 5.70. The summed E-state index contributed by atoms with van der Waals surface area (Å²) in [7, 11) is 0. The number of benzene rings is 4. The highest BCUT2D eigenvalue weighted by Gasteiger charge is 2.40. The Hall–Kier alpha value is -5.20. The van der Waals surface area contributed by atoms with E-state index < -0.39 is 5.91 Å². The number of carbonyl (C=O) groups is 2. The van der Waals surface area contributed by atoms with Crippen LogP contribution in [0.3, 0.4) is 0 Å². The van der Waals surface area contributed by atoms with Gasteiger partial charge in [0.2, 0.25) is 5.69 Å². The Morgan fingerprint density at radius 1 is 0.838 bits per heavy atom. The molecule has 0 bridgehead atoms. The molecule has 1 aromatic heterocycles. The summed E-state index contributed by atoms with van der Waals surface area (Å²) in [5, 5.41) is 11.6. The molecule has 1 aliphatic rings. The number of nitriles is 1. The van der Waals surface area contributed by atoms with Crippen molar-refractivity contribution in [2.45, 2.75) is 20.8 Å². The van der Waals surface area contributed by atoms with Crippen molar-refractivity contribution >= 4 is 45.0 Å². The van der Waals surface area contributed by atoms with E-state index in [0.29, 0.717) is 39.2 Å². The molecule has 0 saturated heterocycles. The van der Waals surface area contributed by atoms with E-state index in [1.165, 1.54) is 4.90 Å². The number of fused-ring (bicyclic) bond motifs is 4. The van der Waals surface area contributed by atoms with Gasteiger partial charge in [0.05, 0.1) is 45.7 Å². The van der Waals surface area contributed by atoms with E-state index >= 15 is 0 Å². The van der Waals surface area contributed by atoms with Crippen molar-refractivity contribution in [3.8, 4) is 11.8 Å². The molecule has 2 heterocycles. The number of amides is 2. The number of nitrogens with zero attached hydrogens (tertiary/aromatic N) is 4. The first-order valence-corrected chi connectivity index (χ1v) is 11.8. The van der Waals surface area contributed by atoms with E-state index in [0.717, 1.165) is 27.5 Å². The molecule has 0 aliphatic carbocycles. The van der Waals surface area contributed by atoms with Crippen LogP contribution in [-0.4, -0.2) is 16.4 Å². The van der Waals surface area contributed by atoms with Gasteiger partial charge in [-0.05, 0) is 55.5 Å². The molecule has 176 valence electrons. The van der Waals surface area contributed by atoms with Gasteiger partial charge in [0, 0.05) is 5.39 Å². The number of para-hydroxylation sites is 2. The third kappa shape index (κ3) is 2.97. The molecule has 6 rings (SSSR count). The average Bonchev–Trinajstić information content (AvgIpc) is 3.36. The smallest absolute Gasteiger partial charge is 0.268 e. The van der Waals surface area contributed by atoms with Crippen molar-refractivity contribution in [3.63, 3.8) is 0 Å². The molecule has 6 nitrogen and oxygen atoms in total. The van der Waals surface area contributed by atoms with Crippen LogP contribution in [0.25, 0.3) is 32.3 Å². The molecule has 0 unspecified atom stereocenters. The molecule has 0 atom stereocenters. The van der Waals surface area contributed by atoms with Crippen molar-refractivity contribution < 1.29 is 9.59 Å². The SMILES string of the molecule is [C-]#[N+]c1cccc2c3cccc(C#N)c3n(-c3cccc4c3C(=O)N(c3c(C)cc(C)cc3C)C4=O)c12. The normalized spacial score (nSPS) is 12.7. The molecule has 6 heteroatoms. The Bertz CT molecular complexity index is 1840. The Balaban J connectivity index is 1.72. The lowest BCUT2D eigenvalue weighted by Crippen LogP contribution is -2.31. The molecule has 0 fully saturated rings. The second kappa shape index (κ2) is 7.91. The van der Waals surface area contributed by atoms with Crippen LogP contribution in [-0.2, 0) is 0 Å². The minimum atomic E-state index is -0.421. The van der Waals surface area contributed by atoms with Gasteiger partial charge in [-0.15, -0.1) is 0 Å². The molecule has 0 saturated carbocycles. The van der Waals surface area contributed by atoms with Crippen LogP contribution in [0.1, 0.15) is 43.0 Å². The highest BCUT2D eigenvalue weighted by Crippen LogP contribution is 2.42. The van der Waals surface area contributed by atoms with Crippen LogP contribution in [0.2, 0.25) is 0 Å². The summed E-state index contributed by atoms with van der Waals surface area (Å²) in [6.45, 7) is 13.6. The molecule has 2 amide bonds. The fraction of sp³-hybridized carbons (Fsp3) is 0.0968. The topological polar surface area (TPSA) is 70.5 Å². The predicted molar refractivity (Wildman–Crippen MR) is 144 cm³/mol. The molecule has 1 aliphatic heterocycles. The first-order chi connectivity index (χ1) is 17.9. The first kappa shape index (κ1) is 22.3. The number of imide groups is 1. The van der Waals surface area contributed by atoms with Crippen LogP contribution < -0.4 is 4.90 Å². The minimum Gasteiger partial charge on any atom is -0.317 e. The largest absolute Gasteiger partial charge is 0.317 e. The van der Waals surface area contributed by atoms with Crippen LogP contribution in [0.4, 0.5) is 11.4 Å². The van der Waals surface area contributed by atoms with E-state index in [1.807, 2.05) is 57.2 Å². The molecule has 37 heavy (non-hydrogen) atoms. The highest BCUT2D eigenvalue weighted by atomic mass is 16.2. The Labute approximate surface area is 213 Å². The quantitative estimate of drug-likeness (QED) is 0.203. The van der Waals surface area contributed by atoms with Gasteiger partial charge < -0.3 is 4.57 Å². The van der Waals surface area contributed by atoms with Gasteiger partial charge in [-0.1, -0.05) is 54.1 Å². The highest BCUT2D eigenvalue weighted by molar-refractivity contribution is 6.36. The summed E-state index contributed by atoms with van der Waals surface area (Å²) in [5.41, 5.74) is 6.37. The van der Waals surface area contributed by atoms with E-state index in [-0.39, 0.29) is 11.5 Å². The number of hydrogen-bond acceptors (Lipinski definition) is 3. The Kier molecular flexibility index (Phi) is 4.76. The number of hydrogen-bond donors (Lipinski definition) is 0. The summed E-state index contributed by atoms with van der Waals surface area (Å²) in [6.07, 6.45) is 0. The van der Waals surface area contributed by atoms with Gasteiger partial charge in [-0.2, -0.15) is 5.26 Å². The van der Waals surface area contributed by atoms with Crippen LogP contribution in [0, 0.1) is 38.7 Å². The second-order valence-corrected chi connectivity index (χ2v) is 9.33. The van der Waals surface area contributed by atoms with Gasteiger partial charge in [0.1, 0.15) is 6.07 Å². The van der Waals surface area contributed by atoms with Crippen molar-refractivity contribution in [1.82, 2.24) is 4.57 Å². The predicted octanol–water partition coefficient (Wildman–Crippen LogP) is 6.93. The van der Waals surface area contributed by atoms with Gasteiger partial charge in [-0.25, -0.2) is 9.74 Å². The van der Waals surface area contributed by atoms with Gasteiger partial charge in [-0.3, -0.25) is 9.59 Å². The number of rotatable bonds is 2. The third-order valence-corrected chi connectivity index (χ3v) is 7.02. The molecule has 4 aromatic carbocycles. The van der Waals surface area contributed by atoms with E-state index in [9.17, 15) is 14.9 Å². The van der Waals surface area contributed by atoms with Crippen molar-refractivity contribution in [3.05, 3.63) is 112 Å². The van der Waals surface area contributed by atoms with Crippen LogP contribution in [0.5, 0.6) is 0 Å². The van der Waals surface area contributed by atoms with Gasteiger partial charge >= 0.3 is 0 Å². The van der Waals surface area contributed by atoms with Crippen LogP contribution >= 0.6 is 0 Å². The summed E-state index contributed by atoms with van der Waals surface area (Å²) >= 11 is 0. The van der Waals surface area contributed by atoms with E-state index in [1.54, 1.807) is 34.9 Å². The molecular weight excluding hydrogens is 460 g/mol. The fourth-order valence-corrected chi connectivity index (χ4v) is 5.70. The van der Waals surface area contributed by atoms with Crippen LogP contribution in [0.15, 0.2) is 66.7 Å². The molecule has 5 aromatic rings. The van der Waals surface area contributed by atoms with Gasteiger partial charge in [0.15, 0.2) is 0 Å². The Morgan fingerprint density at radius 2 is 1.49 bits per heavy atom. The summed E-state index contributed by atoms with van der Waals surface area (Å²) in [6, 6.07) is 22.2. The van der Waals surface area contributed by atoms with Gasteiger partial charge in [0.25, 0.3) is 11.8 Å². The zero-order chi connectivity index (χ0) is 26.0. The lowest BCUT2D eigenvalue weighted by molar-refractivity contribution is 0.0925. The van der Waals surface area contributed by atoms with Crippen molar-refractivity contribution in [2.75, 3.05) is 4.90 Å². The molecule has 0 N–H and O–H groups in total. The number of anilines is 1. The number of aryl methyl sites for hydroxylation is 3. The first-order valence-electron chi connectivity index (χ1n) is 11.8. The molecule has 0 spiro atoms. The van der Waals surface area contributed by atoms with Crippen molar-refractivity contribution in [2.24, 2.45) is 0 Å². The standard InChI is InChI=1S/C31H20N4O2/c1-17-14-18(2)27(19(3)15-17)35-30(36)23-11-7-13-25(26(23)31(35)37)34-28-20(16-32)8-5-9-21(28)22-10-6-12-24(33-4)29(22)34/h5-15H,1-3H3. The zero-order valence-corrected chi connectivity index (χ0v) is 20.5. The summed E-state index contributed by atoms with van der Waals surface area (Å²) in [4.78, 5) is 32.7.